The molecule has 0 saturated carbocycles. The molecule has 1 saturated heterocycles. The van der Waals surface area contributed by atoms with Gasteiger partial charge in [-0.3, -0.25) is 0 Å². The average molecular weight is 248 g/mol. The van der Waals surface area contributed by atoms with E-state index in [9.17, 15) is 5.11 Å². The number of rotatable bonds is 6. The molecular weight excluding hydrogens is 224 g/mol. The lowest BCUT2D eigenvalue weighted by Gasteiger charge is -2.21. The number of phenols is 1. The molecule has 1 aliphatic heterocycles. The normalized spacial score (nSPS) is 18.1. The zero-order chi connectivity index (χ0) is 12.8. The molecule has 1 aromatic carbocycles. The highest BCUT2D eigenvalue weighted by Crippen LogP contribution is 2.25. The summed E-state index contributed by atoms with van der Waals surface area (Å²) >= 11 is 0. The van der Waals surface area contributed by atoms with Crippen LogP contribution in [0, 0.1) is 0 Å². The Kier molecular flexibility index (Phi) is 5.02. The summed E-state index contributed by atoms with van der Waals surface area (Å²) in [5, 5.41) is 13.4. The summed E-state index contributed by atoms with van der Waals surface area (Å²) in [7, 11) is 0. The number of likely N-dealkylation sites (tertiary alicyclic amines) is 1. The first-order valence-corrected chi connectivity index (χ1v) is 7.05. The summed E-state index contributed by atoms with van der Waals surface area (Å²) in [5.74, 6) is 0.401. The van der Waals surface area contributed by atoms with Crippen molar-refractivity contribution in [2.75, 3.05) is 26.2 Å². The van der Waals surface area contributed by atoms with Gasteiger partial charge < -0.3 is 15.3 Å². The molecule has 1 aliphatic rings. The molecule has 0 aliphatic carbocycles. The molecule has 2 rings (SSSR count). The second-order valence-corrected chi connectivity index (χ2v) is 5.02. The number of nitrogens with zero attached hydrogens (tertiary/aromatic N) is 1. The van der Waals surface area contributed by atoms with Gasteiger partial charge in [0.2, 0.25) is 0 Å². The van der Waals surface area contributed by atoms with Gasteiger partial charge in [-0.2, -0.15) is 0 Å². The first kappa shape index (κ1) is 13.4. The van der Waals surface area contributed by atoms with Crippen molar-refractivity contribution in [2.24, 2.45) is 0 Å². The van der Waals surface area contributed by atoms with Crippen molar-refractivity contribution < 1.29 is 5.11 Å². The third-order valence-electron chi connectivity index (χ3n) is 3.74. The highest BCUT2D eigenvalue weighted by atomic mass is 16.3. The van der Waals surface area contributed by atoms with Crippen molar-refractivity contribution in [3.05, 3.63) is 29.8 Å². The van der Waals surface area contributed by atoms with Crippen molar-refractivity contribution in [3.63, 3.8) is 0 Å². The fourth-order valence-corrected chi connectivity index (χ4v) is 2.66. The van der Waals surface area contributed by atoms with E-state index in [1.165, 1.54) is 25.9 Å². The summed E-state index contributed by atoms with van der Waals surface area (Å²) in [4.78, 5) is 2.50. The average Bonchev–Trinajstić information content (AvgIpc) is 2.89. The van der Waals surface area contributed by atoms with Gasteiger partial charge in [0.15, 0.2) is 0 Å². The maximum Gasteiger partial charge on any atom is 0.120 e. The first-order valence-electron chi connectivity index (χ1n) is 7.05. The number of hydrogen-bond donors (Lipinski definition) is 2. The highest BCUT2D eigenvalue weighted by molar-refractivity contribution is 5.34. The SMILES string of the molecule is CCC(NCCN1CCCC1)c1ccccc1O. The second-order valence-electron chi connectivity index (χ2n) is 5.02. The summed E-state index contributed by atoms with van der Waals surface area (Å²) in [5.41, 5.74) is 1.02. The van der Waals surface area contributed by atoms with Gasteiger partial charge in [0.25, 0.3) is 0 Å². The molecule has 1 atom stereocenters. The third kappa shape index (κ3) is 3.47. The van der Waals surface area contributed by atoms with E-state index < -0.39 is 0 Å². The van der Waals surface area contributed by atoms with E-state index in [0.717, 1.165) is 25.1 Å². The number of aromatic hydroxyl groups is 1. The van der Waals surface area contributed by atoms with Crippen LogP contribution in [0.1, 0.15) is 37.8 Å². The summed E-state index contributed by atoms with van der Waals surface area (Å²) in [6, 6.07) is 7.89. The molecule has 18 heavy (non-hydrogen) atoms. The van der Waals surface area contributed by atoms with Crippen LogP contribution >= 0.6 is 0 Å². The van der Waals surface area contributed by atoms with Crippen molar-refractivity contribution >= 4 is 0 Å². The quantitative estimate of drug-likeness (QED) is 0.812. The van der Waals surface area contributed by atoms with E-state index in [2.05, 4.69) is 17.1 Å². The molecule has 0 aromatic heterocycles. The number of hydrogen-bond acceptors (Lipinski definition) is 3. The lowest BCUT2D eigenvalue weighted by atomic mass is 10.0. The smallest absolute Gasteiger partial charge is 0.120 e. The zero-order valence-electron chi connectivity index (χ0n) is 11.2. The maximum absolute atomic E-state index is 9.87. The van der Waals surface area contributed by atoms with Gasteiger partial charge in [-0.1, -0.05) is 25.1 Å². The lowest BCUT2D eigenvalue weighted by molar-refractivity contribution is 0.325. The Morgan fingerprint density at radius 3 is 2.67 bits per heavy atom. The molecule has 0 spiro atoms. The summed E-state index contributed by atoms with van der Waals surface area (Å²) in [6.45, 7) is 6.75. The van der Waals surface area contributed by atoms with Gasteiger partial charge in [-0.05, 0) is 38.4 Å². The molecule has 3 nitrogen and oxygen atoms in total. The van der Waals surface area contributed by atoms with E-state index in [4.69, 9.17) is 0 Å². The van der Waals surface area contributed by atoms with Crippen LogP contribution in [0.2, 0.25) is 0 Å². The van der Waals surface area contributed by atoms with Gasteiger partial charge in [0, 0.05) is 24.7 Å². The van der Waals surface area contributed by atoms with E-state index in [0.29, 0.717) is 5.75 Å². The molecule has 3 heteroatoms. The molecule has 0 radical (unpaired) electrons. The molecule has 0 amide bonds. The fraction of sp³-hybridized carbons (Fsp3) is 0.600. The van der Waals surface area contributed by atoms with Gasteiger partial charge in [-0.25, -0.2) is 0 Å². The number of nitrogens with one attached hydrogen (secondary N) is 1. The number of para-hydroxylation sites is 1. The van der Waals surface area contributed by atoms with Crippen LogP contribution in [-0.4, -0.2) is 36.2 Å². The number of benzene rings is 1. The van der Waals surface area contributed by atoms with Crippen LogP contribution in [0.25, 0.3) is 0 Å². The molecule has 100 valence electrons. The highest BCUT2D eigenvalue weighted by Gasteiger charge is 2.14. The molecule has 0 bridgehead atoms. The second kappa shape index (κ2) is 6.76. The molecule has 1 aromatic rings. The monoisotopic (exact) mass is 248 g/mol. The maximum atomic E-state index is 9.87. The predicted molar refractivity (Wildman–Crippen MR) is 74.8 cm³/mol. The molecule has 1 unspecified atom stereocenters. The van der Waals surface area contributed by atoms with Crippen molar-refractivity contribution in [3.8, 4) is 5.75 Å². The minimum absolute atomic E-state index is 0.258. The van der Waals surface area contributed by atoms with E-state index in [-0.39, 0.29) is 6.04 Å². The van der Waals surface area contributed by atoms with Crippen LogP contribution in [0.5, 0.6) is 5.75 Å². The molecule has 2 N–H and O–H groups in total. The topological polar surface area (TPSA) is 35.5 Å². The Bertz CT molecular complexity index is 361. The Balaban J connectivity index is 1.83. The van der Waals surface area contributed by atoms with Crippen molar-refractivity contribution in [1.29, 1.82) is 0 Å². The van der Waals surface area contributed by atoms with Crippen molar-refractivity contribution in [1.82, 2.24) is 10.2 Å². The van der Waals surface area contributed by atoms with Crippen LogP contribution in [0.4, 0.5) is 0 Å². The molecule has 1 heterocycles. The van der Waals surface area contributed by atoms with E-state index in [1.54, 1.807) is 6.07 Å². The van der Waals surface area contributed by atoms with Gasteiger partial charge >= 0.3 is 0 Å². The Morgan fingerprint density at radius 2 is 2.00 bits per heavy atom. The van der Waals surface area contributed by atoms with Crippen LogP contribution in [0.3, 0.4) is 0 Å². The van der Waals surface area contributed by atoms with Gasteiger partial charge in [0.1, 0.15) is 5.75 Å². The number of phenolic OH excluding ortho intramolecular Hbond substituents is 1. The van der Waals surface area contributed by atoms with Crippen molar-refractivity contribution in [2.45, 2.75) is 32.2 Å². The first-order chi connectivity index (χ1) is 8.81. The van der Waals surface area contributed by atoms with E-state index >= 15 is 0 Å². The molecular formula is C15H24N2O. The zero-order valence-corrected chi connectivity index (χ0v) is 11.2. The fourth-order valence-electron chi connectivity index (χ4n) is 2.66. The minimum atomic E-state index is 0.258. The van der Waals surface area contributed by atoms with Crippen LogP contribution < -0.4 is 5.32 Å². The summed E-state index contributed by atoms with van der Waals surface area (Å²) in [6.07, 6.45) is 3.69. The standard InChI is InChI=1S/C15H24N2O/c1-2-14(13-7-3-4-8-15(13)18)16-9-12-17-10-5-6-11-17/h3-4,7-8,14,16,18H,2,5-6,9-12H2,1H3. The third-order valence-corrected chi connectivity index (χ3v) is 3.74. The largest absolute Gasteiger partial charge is 0.508 e. The van der Waals surface area contributed by atoms with Gasteiger partial charge in [0.05, 0.1) is 0 Å². The Labute approximate surface area is 110 Å². The minimum Gasteiger partial charge on any atom is -0.508 e. The Morgan fingerprint density at radius 1 is 1.28 bits per heavy atom. The van der Waals surface area contributed by atoms with Crippen LogP contribution in [-0.2, 0) is 0 Å². The van der Waals surface area contributed by atoms with Gasteiger partial charge in [-0.15, -0.1) is 0 Å². The molecule has 1 fully saturated rings. The van der Waals surface area contributed by atoms with Crippen LogP contribution in [0.15, 0.2) is 24.3 Å². The Hall–Kier alpha value is -1.06. The predicted octanol–water partition coefficient (Wildman–Crippen LogP) is 2.53. The van der Waals surface area contributed by atoms with E-state index in [1.807, 2.05) is 18.2 Å². The lowest BCUT2D eigenvalue weighted by Crippen LogP contribution is -2.32. The summed E-state index contributed by atoms with van der Waals surface area (Å²) < 4.78 is 0.